The smallest absolute Gasteiger partial charge is 0.408 e. The van der Waals surface area contributed by atoms with Crippen LogP contribution in [0, 0.1) is 26.7 Å². The highest BCUT2D eigenvalue weighted by Gasteiger charge is 2.40. The van der Waals surface area contributed by atoms with Gasteiger partial charge in [0.2, 0.25) is 5.91 Å². The predicted molar refractivity (Wildman–Crippen MR) is 158 cm³/mol. The van der Waals surface area contributed by atoms with Crippen LogP contribution in [0.5, 0.6) is 0 Å². The Kier molecular flexibility index (Phi) is 11.1. The number of hydrogen-bond donors (Lipinski definition) is 2. The van der Waals surface area contributed by atoms with Crippen LogP contribution in [0.1, 0.15) is 89.6 Å². The van der Waals surface area contributed by atoms with Gasteiger partial charge in [-0.2, -0.15) is 0 Å². The number of ether oxygens (including phenoxy) is 1. The highest BCUT2D eigenvalue weighted by Crippen LogP contribution is 2.30. The molecular formula is C32H47N3O4. The van der Waals surface area contributed by atoms with Crippen molar-refractivity contribution in [2.75, 3.05) is 5.32 Å². The number of alkyl carbamates (subject to hydrolysis) is 1. The van der Waals surface area contributed by atoms with Gasteiger partial charge >= 0.3 is 6.09 Å². The maximum absolute atomic E-state index is 14.4. The summed E-state index contributed by atoms with van der Waals surface area (Å²) in [6.45, 7) is 19.0. The van der Waals surface area contributed by atoms with Crippen LogP contribution >= 0.6 is 0 Å². The summed E-state index contributed by atoms with van der Waals surface area (Å²) in [4.78, 5) is 43.0. The molecule has 3 amide bonds. The number of rotatable bonds is 10. The van der Waals surface area contributed by atoms with Crippen molar-refractivity contribution in [1.29, 1.82) is 0 Å². The van der Waals surface area contributed by atoms with Crippen LogP contribution in [0.2, 0.25) is 0 Å². The number of aryl methyl sites for hydroxylation is 3. The summed E-state index contributed by atoms with van der Waals surface area (Å²) in [6, 6.07) is 11.5. The molecule has 0 fully saturated rings. The summed E-state index contributed by atoms with van der Waals surface area (Å²) in [5.41, 5.74) is 3.61. The minimum atomic E-state index is -0.904. The quantitative estimate of drug-likeness (QED) is 0.347. The fourth-order valence-corrected chi connectivity index (χ4v) is 4.56. The summed E-state index contributed by atoms with van der Waals surface area (Å²) < 4.78 is 5.49. The highest BCUT2D eigenvalue weighted by molar-refractivity contribution is 6.00. The Morgan fingerprint density at radius 1 is 0.923 bits per heavy atom. The van der Waals surface area contributed by atoms with Crippen molar-refractivity contribution in [1.82, 2.24) is 10.2 Å². The third kappa shape index (κ3) is 8.57. The number of nitrogens with one attached hydrogen (secondary N) is 2. The number of carbonyl (C=O) groups is 3. The molecule has 0 aliphatic heterocycles. The van der Waals surface area contributed by atoms with Crippen molar-refractivity contribution in [3.05, 3.63) is 64.7 Å². The van der Waals surface area contributed by atoms with Crippen molar-refractivity contribution >= 4 is 23.6 Å². The molecular weight excluding hydrogens is 490 g/mol. The van der Waals surface area contributed by atoms with E-state index in [0.29, 0.717) is 18.4 Å². The van der Waals surface area contributed by atoms with E-state index in [9.17, 15) is 14.4 Å². The molecule has 0 spiro atoms. The van der Waals surface area contributed by atoms with Crippen LogP contribution in [-0.4, -0.2) is 40.5 Å². The van der Waals surface area contributed by atoms with Crippen molar-refractivity contribution in [3.63, 3.8) is 0 Å². The molecule has 2 N–H and O–H groups in total. The molecule has 2 rings (SSSR count). The number of amides is 3. The molecule has 7 heteroatoms. The van der Waals surface area contributed by atoms with Crippen molar-refractivity contribution in [2.45, 2.75) is 106 Å². The van der Waals surface area contributed by atoms with Crippen LogP contribution in [0.4, 0.5) is 10.5 Å². The van der Waals surface area contributed by atoms with Gasteiger partial charge in [-0.1, -0.05) is 75.2 Å². The zero-order chi connectivity index (χ0) is 29.5. The SMILES string of the molecule is CCC(C)C(NC(=O)OC(C)(C)C)C(=O)N(C(C)CC)C(C(=O)Nc1c(C)cccc1C)c1cccc(C)c1. The van der Waals surface area contributed by atoms with Crippen LogP contribution in [-0.2, 0) is 14.3 Å². The molecule has 7 nitrogen and oxygen atoms in total. The average molecular weight is 538 g/mol. The Morgan fingerprint density at radius 2 is 1.51 bits per heavy atom. The van der Waals surface area contributed by atoms with Gasteiger partial charge in [-0.3, -0.25) is 9.59 Å². The van der Waals surface area contributed by atoms with Crippen LogP contribution < -0.4 is 10.6 Å². The van der Waals surface area contributed by atoms with Gasteiger partial charge in [-0.25, -0.2) is 4.79 Å². The van der Waals surface area contributed by atoms with Gasteiger partial charge in [0.05, 0.1) is 0 Å². The van der Waals surface area contributed by atoms with E-state index in [1.807, 2.05) is 90.9 Å². The van der Waals surface area contributed by atoms with E-state index in [2.05, 4.69) is 10.6 Å². The van der Waals surface area contributed by atoms with Crippen molar-refractivity contribution in [2.24, 2.45) is 5.92 Å². The number of nitrogens with zero attached hydrogens (tertiary/aromatic N) is 1. The highest BCUT2D eigenvalue weighted by atomic mass is 16.6. The van der Waals surface area contributed by atoms with Gasteiger partial charge in [0.25, 0.3) is 5.91 Å². The molecule has 39 heavy (non-hydrogen) atoms. The molecule has 2 aromatic rings. The number of hydrogen-bond acceptors (Lipinski definition) is 4. The summed E-state index contributed by atoms with van der Waals surface area (Å²) >= 11 is 0. The van der Waals surface area contributed by atoms with E-state index in [1.165, 1.54) is 0 Å². The van der Waals surface area contributed by atoms with E-state index >= 15 is 0 Å². The topological polar surface area (TPSA) is 87.7 Å². The van der Waals surface area contributed by atoms with Crippen LogP contribution in [0.15, 0.2) is 42.5 Å². The van der Waals surface area contributed by atoms with Crippen molar-refractivity contribution in [3.8, 4) is 0 Å². The standard InChI is InChI=1S/C32H47N3O4/c1-11-21(4)27(34-31(38)39-32(8,9)10)30(37)35(24(7)12-2)28(25-18-13-15-20(3)19-25)29(36)33-26-22(5)16-14-17-23(26)6/h13-19,21,24,27-28H,11-12H2,1-10H3,(H,33,36)(H,34,38). The molecule has 4 atom stereocenters. The minimum Gasteiger partial charge on any atom is -0.444 e. The molecule has 0 radical (unpaired) electrons. The Hall–Kier alpha value is -3.35. The molecule has 0 aliphatic carbocycles. The lowest BCUT2D eigenvalue weighted by molar-refractivity contribution is -0.144. The second-order valence-corrected chi connectivity index (χ2v) is 11.6. The summed E-state index contributed by atoms with van der Waals surface area (Å²) in [5, 5.41) is 5.94. The molecule has 0 aliphatic rings. The van der Waals surface area contributed by atoms with Gasteiger partial charge in [0.15, 0.2) is 0 Å². The maximum atomic E-state index is 14.4. The first-order valence-electron chi connectivity index (χ1n) is 13.9. The minimum absolute atomic E-state index is 0.184. The maximum Gasteiger partial charge on any atom is 0.408 e. The van der Waals surface area contributed by atoms with Gasteiger partial charge in [0.1, 0.15) is 17.7 Å². The zero-order valence-corrected chi connectivity index (χ0v) is 25.3. The van der Waals surface area contributed by atoms with Gasteiger partial charge in [-0.15, -0.1) is 0 Å². The first-order chi connectivity index (χ1) is 18.2. The Morgan fingerprint density at radius 3 is 2.03 bits per heavy atom. The van der Waals surface area contributed by atoms with E-state index < -0.39 is 23.8 Å². The fraction of sp³-hybridized carbons (Fsp3) is 0.531. The second kappa shape index (κ2) is 13.6. The lowest BCUT2D eigenvalue weighted by atomic mass is 9.93. The first kappa shape index (κ1) is 31.9. The average Bonchev–Trinajstić information content (AvgIpc) is 2.85. The van der Waals surface area contributed by atoms with Crippen LogP contribution in [0.25, 0.3) is 0 Å². The normalized spacial score (nSPS) is 14.5. The Bertz CT molecular complexity index is 1130. The molecule has 4 unspecified atom stereocenters. The van der Waals surface area contributed by atoms with Crippen molar-refractivity contribution < 1.29 is 19.1 Å². The monoisotopic (exact) mass is 537 g/mol. The third-order valence-corrected chi connectivity index (χ3v) is 7.09. The summed E-state index contributed by atoms with van der Waals surface area (Å²) in [5.74, 6) is -0.795. The first-order valence-corrected chi connectivity index (χ1v) is 13.9. The summed E-state index contributed by atoms with van der Waals surface area (Å²) in [7, 11) is 0. The Labute approximate surface area is 234 Å². The lowest BCUT2D eigenvalue weighted by Gasteiger charge is -2.39. The predicted octanol–water partition coefficient (Wildman–Crippen LogP) is 6.86. The zero-order valence-electron chi connectivity index (χ0n) is 25.3. The number of benzene rings is 2. The summed E-state index contributed by atoms with van der Waals surface area (Å²) in [6.07, 6.45) is 0.631. The third-order valence-electron chi connectivity index (χ3n) is 7.09. The molecule has 0 heterocycles. The molecule has 214 valence electrons. The van der Waals surface area contributed by atoms with E-state index in [4.69, 9.17) is 4.74 Å². The van der Waals surface area contributed by atoms with E-state index in [-0.39, 0.29) is 23.8 Å². The molecule has 2 aromatic carbocycles. The van der Waals surface area contributed by atoms with E-state index in [1.54, 1.807) is 25.7 Å². The largest absolute Gasteiger partial charge is 0.444 e. The molecule has 0 saturated carbocycles. The van der Waals surface area contributed by atoms with E-state index in [0.717, 1.165) is 22.4 Å². The molecule has 0 bridgehead atoms. The number of para-hydroxylation sites is 1. The number of anilines is 1. The number of carbonyl (C=O) groups excluding carboxylic acids is 3. The Balaban J connectivity index is 2.63. The van der Waals surface area contributed by atoms with Crippen LogP contribution in [0.3, 0.4) is 0 Å². The lowest BCUT2D eigenvalue weighted by Crippen LogP contribution is -2.56. The second-order valence-electron chi connectivity index (χ2n) is 11.6. The van der Waals surface area contributed by atoms with Gasteiger partial charge in [0, 0.05) is 11.7 Å². The fourth-order valence-electron chi connectivity index (χ4n) is 4.56. The van der Waals surface area contributed by atoms with Gasteiger partial charge in [-0.05, 0) is 77.5 Å². The molecule has 0 aromatic heterocycles. The van der Waals surface area contributed by atoms with Gasteiger partial charge < -0.3 is 20.3 Å². The molecule has 0 saturated heterocycles.